The lowest BCUT2D eigenvalue weighted by molar-refractivity contribution is -0.144. The van der Waals surface area contributed by atoms with Crippen molar-refractivity contribution in [2.24, 2.45) is 5.41 Å². The van der Waals surface area contributed by atoms with E-state index in [2.05, 4.69) is 26.3 Å². The fourth-order valence-corrected chi connectivity index (χ4v) is 5.91. The van der Waals surface area contributed by atoms with Gasteiger partial charge in [0.1, 0.15) is 17.7 Å². The number of carbonyl (C=O) groups is 5. The number of nitrogens with one attached hydrogen (secondary N) is 4. The average molecular weight is 671 g/mol. The Bertz CT molecular complexity index is 1390. The van der Waals surface area contributed by atoms with E-state index >= 15 is 0 Å². The highest BCUT2D eigenvalue weighted by molar-refractivity contribution is 7.13. The third kappa shape index (κ3) is 12.0. The first-order valence-electron chi connectivity index (χ1n) is 16.1. The predicted octanol–water partition coefficient (Wildman–Crippen LogP) is 3.72. The molecule has 1 unspecified atom stereocenters. The van der Waals surface area contributed by atoms with E-state index in [1.165, 1.54) is 4.90 Å². The number of nitrogens with zero attached hydrogens (tertiary/aromatic N) is 2. The van der Waals surface area contributed by atoms with Crippen molar-refractivity contribution in [2.45, 2.75) is 98.4 Å². The summed E-state index contributed by atoms with van der Waals surface area (Å²) in [6.45, 7) is 14.1. The number of aromatic nitrogens is 1. The largest absolute Gasteiger partial charge is 0.444 e. The Balaban J connectivity index is 1.46. The summed E-state index contributed by atoms with van der Waals surface area (Å²) in [5.41, 5.74) is 3.50. The monoisotopic (exact) mass is 670 g/mol. The smallest absolute Gasteiger partial charge is 0.407 e. The summed E-state index contributed by atoms with van der Waals surface area (Å²) in [5.74, 6) is -1.43. The topological polar surface area (TPSA) is 159 Å². The molecule has 1 aromatic heterocycles. The van der Waals surface area contributed by atoms with Crippen LogP contribution in [0.25, 0.3) is 10.4 Å². The number of ether oxygens (including phenoxy) is 1. The van der Waals surface area contributed by atoms with Crippen LogP contribution in [0.3, 0.4) is 0 Å². The Morgan fingerprint density at radius 3 is 2.30 bits per heavy atom. The van der Waals surface area contributed by atoms with Crippen LogP contribution in [0.1, 0.15) is 78.5 Å². The first kappa shape index (κ1) is 37.6. The number of thiazole rings is 1. The molecule has 1 aromatic carbocycles. The van der Waals surface area contributed by atoms with Crippen molar-refractivity contribution in [3.63, 3.8) is 0 Å². The summed E-state index contributed by atoms with van der Waals surface area (Å²) >= 11 is 1.57. The zero-order chi connectivity index (χ0) is 34.8. The molecule has 2 aromatic rings. The molecular formula is C34H50N6O6S. The highest BCUT2D eigenvalue weighted by Crippen LogP contribution is 2.28. The van der Waals surface area contributed by atoms with Crippen LogP contribution in [0.2, 0.25) is 0 Å². The van der Waals surface area contributed by atoms with E-state index < -0.39 is 41.0 Å². The number of alkyl carbamates (subject to hydrolysis) is 1. The second-order valence-corrected chi connectivity index (χ2v) is 14.8. The Kier molecular flexibility index (Phi) is 13.5. The van der Waals surface area contributed by atoms with Gasteiger partial charge in [-0.15, -0.1) is 11.3 Å². The zero-order valence-electron chi connectivity index (χ0n) is 28.7. The molecule has 1 saturated heterocycles. The molecule has 2 atom stereocenters. The lowest BCUT2D eigenvalue weighted by Gasteiger charge is -2.35. The number of rotatable bonds is 14. The minimum Gasteiger partial charge on any atom is -0.444 e. The molecule has 258 valence electrons. The van der Waals surface area contributed by atoms with Crippen molar-refractivity contribution < 1.29 is 28.7 Å². The van der Waals surface area contributed by atoms with Gasteiger partial charge in [-0.25, -0.2) is 9.78 Å². The second-order valence-electron chi connectivity index (χ2n) is 13.9. The SMILES string of the molecule is Cc1ncsc1-c1ccc(CNC(=O)[C@@H]2CC(=O)CN2C(=O)C(NC(=O)CNCCCCCNC(=O)OC(C)(C)C)C(C)(C)C)cc1. The number of amides is 4. The van der Waals surface area contributed by atoms with Gasteiger partial charge < -0.3 is 30.9 Å². The summed E-state index contributed by atoms with van der Waals surface area (Å²) in [5, 5.41) is 11.5. The van der Waals surface area contributed by atoms with Crippen LogP contribution >= 0.6 is 11.3 Å². The quantitative estimate of drug-likeness (QED) is 0.222. The Hall–Kier alpha value is -3.84. The van der Waals surface area contributed by atoms with Crippen molar-refractivity contribution in [1.82, 2.24) is 31.2 Å². The Morgan fingerprint density at radius 2 is 1.68 bits per heavy atom. The maximum absolute atomic E-state index is 13.8. The lowest BCUT2D eigenvalue weighted by Crippen LogP contribution is -2.58. The van der Waals surface area contributed by atoms with Crippen LogP contribution in [-0.2, 0) is 30.5 Å². The molecule has 0 spiro atoms. The molecule has 1 aliphatic rings. The number of aryl methyl sites for hydroxylation is 1. The number of ketones is 1. The standard InChI is InChI=1S/C34H50N6O6S/c1-22-28(47-21-38-22)24-13-11-23(12-14-24)18-37-30(43)26-17-25(41)20-40(26)31(44)29(33(2,3)4)39-27(42)19-35-15-9-8-10-16-36-32(45)46-34(5,6)7/h11-14,21,26,29,35H,8-10,15-20H2,1-7H3,(H,36,45)(H,37,43)(H,39,42)/t26-,29?/m0/s1. The van der Waals surface area contributed by atoms with Gasteiger partial charge in [-0.2, -0.15) is 0 Å². The minimum absolute atomic E-state index is 0.0141. The normalized spacial score (nSPS) is 15.7. The molecular weight excluding hydrogens is 620 g/mol. The van der Waals surface area contributed by atoms with Crippen LogP contribution in [0.15, 0.2) is 29.8 Å². The number of carbonyl (C=O) groups excluding carboxylic acids is 5. The van der Waals surface area contributed by atoms with Gasteiger partial charge >= 0.3 is 6.09 Å². The summed E-state index contributed by atoms with van der Waals surface area (Å²) in [4.78, 5) is 70.7. The van der Waals surface area contributed by atoms with Gasteiger partial charge in [0.2, 0.25) is 17.7 Å². The summed E-state index contributed by atoms with van der Waals surface area (Å²) < 4.78 is 5.21. The molecule has 1 fully saturated rings. The number of likely N-dealkylation sites (tertiary alicyclic amines) is 1. The van der Waals surface area contributed by atoms with Crippen LogP contribution < -0.4 is 21.3 Å². The highest BCUT2D eigenvalue weighted by Gasteiger charge is 2.44. The zero-order valence-corrected chi connectivity index (χ0v) is 29.5. The molecule has 4 amide bonds. The van der Waals surface area contributed by atoms with Crippen LogP contribution in [0, 0.1) is 12.3 Å². The molecule has 13 heteroatoms. The highest BCUT2D eigenvalue weighted by atomic mass is 32.1. The van der Waals surface area contributed by atoms with E-state index in [9.17, 15) is 24.0 Å². The molecule has 3 rings (SSSR count). The van der Waals surface area contributed by atoms with Gasteiger partial charge in [0.25, 0.3) is 0 Å². The van der Waals surface area contributed by atoms with Gasteiger partial charge in [-0.1, -0.05) is 51.5 Å². The van der Waals surface area contributed by atoms with Crippen LogP contribution in [0.5, 0.6) is 0 Å². The first-order valence-corrected chi connectivity index (χ1v) is 17.0. The number of Topliss-reactive ketones (excluding diaryl/α,β-unsaturated/α-hetero) is 1. The van der Waals surface area contributed by atoms with E-state index in [0.717, 1.165) is 41.0 Å². The Labute approximate surface area is 281 Å². The summed E-state index contributed by atoms with van der Waals surface area (Å²) in [7, 11) is 0. The predicted molar refractivity (Wildman–Crippen MR) is 182 cm³/mol. The van der Waals surface area contributed by atoms with E-state index in [4.69, 9.17) is 4.74 Å². The van der Waals surface area contributed by atoms with Gasteiger partial charge in [0, 0.05) is 19.5 Å². The number of benzene rings is 1. The van der Waals surface area contributed by atoms with E-state index in [1.54, 1.807) is 11.3 Å². The fourth-order valence-electron chi connectivity index (χ4n) is 5.10. The maximum Gasteiger partial charge on any atom is 0.407 e. The lowest BCUT2D eigenvalue weighted by atomic mass is 9.85. The van der Waals surface area contributed by atoms with Gasteiger partial charge in [0.05, 0.1) is 29.2 Å². The molecule has 47 heavy (non-hydrogen) atoms. The van der Waals surface area contributed by atoms with Crippen molar-refractivity contribution in [1.29, 1.82) is 0 Å². The molecule has 1 aliphatic heterocycles. The van der Waals surface area contributed by atoms with E-state index in [0.29, 0.717) is 13.1 Å². The molecule has 0 radical (unpaired) electrons. The molecule has 0 aliphatic carbocycles. The number of unbranched alkanes of at least 4 members (excludes halogenated alkanes) is 2. The molecule has 0 bridgehead atoms. The van der Waals surface area contributed by atoms with E-state index in [-0.39, 0.29) is 37.7 Å². The molecule has 0 saturated carbocycles. The van der Waals surface area contributed by atoms with Crippen molar-refractivity contribution in [2.75, 3.05) is 26.2 Å². The minimum atomic E-state index is -0.946. The fraction of sp³-hybridized carbons (Fsp3) is 0.588. The third-order valence-corrected chi connectivity index (χ3v) is 8.54. The Morgan fingerprint density at radius 1 is 1.00 bits per heavy atom. The number of hydrogen-bond acceptors (Lipinski definition) is 9. The van der Waals surface area contributed by atoms with E-state index in [1.807, 2.05) is 78.2 Å². The molecule has 2 heterocycles. The summed E-state index contributed by atoms with van der Waals surface area (Å²) in [6.07, 6.45) is 1.91. The van der Waals surface area contributed by atoms with Crippen molar-refractivity contribution in [3.05, 3.63) is 41.0 Å². The molecule has 4 N–H and O–H groups in total. The number of hydrogen-bond donors (Lipinski definition) is 4. The average Bonchev–Trinajstić information content (AvgIpc) is 3.59. The van der Waals surface area contributed by atoms with Gasteiger partial charge in [-0.3, -0.25) is 19.2 Å². The van der Waals surface area contributed by atoms with Crippen molar-refractivity contribution in [3.8, 4) is 10.4 Å². The second kappa shape index (κ2) is 16.8. The van der Waals surface area contributed by atoms with Crippen LogP contribution in [0.4, 0.5) is 4.79 Å². The first-order chi connectivity index (χ1) is 22.0. The maximum atomic E-state index is 13.8. The van der Waals surface area contributed by atoms with Crippen molar-refractivity contribution >= 4 is 40.9 Å². The van der Waals surface area contributed by atoms with Gasteiger partial charge in [0.15, 0.2) is 5.78 Å². The third-order valence-electron chi connectivity index (χ3n) is 7.56. The van der Waals surface area contributed by atoms with Gasteiger partial charge in [-0.05, 0) is 63.6 Å². The van der Waals surface area contributed by atoms with Crippen LogP contribution in [-0.4, -0.2) is 83.3 Å². The summed E-state index contributed by atoms with van der Waals surface area (Å²) in [6, 6.07) is 5.95. The molecule has 12 nitrogen and oxygen atoms in total.